The summed E-state index contributed by atoms with van der Waals surface area (Å²) in [4.78, 5) is 15.7. The highest BCUT2D eigenvalue weighted by Gasteiger charge is 2.15. The van der Waals surface area contributed by atoms with E-state index in [0.29, 0.717) is 13.1 Å². The summed E-state index contributed by atoms with van der Waals surface area (Å²) in [5, 5.41) is 9.21. The lowest BCUT2D eigenvalue weighted by atomic mass is 10.1. The summed E-state index contributed by atoms with van der Waals surface area (Å²) in [6.07, 6.45) is 6.40. The molecule has 162 valence electrons. The zero-order chi connectivity index (χ0) is 20.8. The van der Waals surface area contributed by atoms with Crippen LogP contribution in [0.15, 0.2) is 29.3 Å². The van der Waals surface area contributed by atoms with Gasteiger partial charge in [0.1, 0.15) is 18.0 Å². The molecule has 8 heteroatoms. The van der Waals surface area contributed by atoms with E-state index in [4.69, 9.17) is 15.9 Å². The molecular weight excluding hydrogens is 483 g/mol. The normalized spacial score (nSPS) is 10.9. The minimum atomic E-state index is -0.483. The number of ether oxygens (including phenoxy) is 2. The van der Waals surface area contributed by atoms with Crippen LogP contribution in [0.5, 0.6) is 5.75 Å². The Morgan fingerprint density at radius 3 is 2.31 bits per heavy atom. The summed E-state index contributed by atoms with van der Waals surface area (Å²) in [5.74, 6) is 3.94. The van der Waals surface area contributed by atoms with Gasteiger partial charge >= 0.3 is 6.09 Å². The van der Waals surface area contributed by atoms with Crippen LogP contribution in [0.2, 0.25) is 0 Å². The number of alkyl carbamates (subject to hydrolysis) is 1. The lowest BCUT2D eigenvalue weighted by molar-refractivity contribution is 0.0527. The lowest BCUT2D eigenvalue weighted by Crippen LogP contribution is -2.40. The number of benzene rings is 1. The number of carbonyl (C=O) groups excluding carboxylic acids is 1. The molecule has 1 aromatic rings. The molecule has 1 aromatic carbocycles. The number of hydrogen-bond donors (Lipinski definition) is 3. The Morgan fingerprint density at radius 1 is 1.10 bits per heavy atom. The molecule has 0 aliphatic carbocycles. The van der Waals surface area contributed by atoms with Gasteiger partial charge in [0.2, 0.25) is 0 Å². The van der Waals surface area contributed by atoms with Crippen molar-refractivity contribution in [1.82, 2.24) is 16.0 Å². The van der Waals surface area contributed by atoms with E-state index in [1.807, 2.05) is 45.0 Å². The fourth-order valence-corrected chi connectivity index (χ4v) is 2.22. The fraction of sp³-hybridized carbons (Fsp3) is 0.524. The molecule has 0 heterocycles. The molecular formula is C21H33IN4O3. The van der Waals surface area contributed by atoms with Gasteiger partial charge in [0.25, 0.3) is 0 Å². The molecule has 3 N–H and O–H groups in total. The van der Waals surface area contributed by atoms with Gasteiger partial charge < -0.3 is 25.4 Å². The zero-order valence-corrected chi connectivity index (χ0v) is 20.0. The van der Waals surface area contributed by atoms with E-state index in [0.717, 1.165) is 31.1 Å². The fourth-order valence-electron chi connectivity index (χ4n) is 2.22. The lowest BCUT2D eigenvalue weighted by Gasteiger charge is -2.19. The van der Waals surface area contributed by atoms with Gasteiger partial charge in [-0.2, -0.15) is 0 Å². The van der Waals surface area contributed by atoms with Crippen LogP contribution >= 0.6 is 24.0 Å². The Labute approximate surface area is 191 Å². The number of carbonyl (C=O) groups is 1. The van der Waals surface area contributed by atoms with Gasteiger partial charge in [-0.15, -0.1) is 30.4 Å². The molecule has 0 aliphatic rings. The summed E-state index contributed by atoms with van der Waals surface area (Å²) >= 11 is 0. The van der Waals surface area contributed by atoms with Crippen molar-refractivity contribution in [1.29, 1.82) is 0 Å². The quantitative estimate of drug-likeness (QED) is 0.155. The maximum Gasteiger partial charge on any atom is 0.407 e. The van der Waals surface area contributed by atoms with Crippen molar-refractivity contribution in [2.45, 2.75) is 39.2 Å². The van der Waals surface area contributed by atoms with Crippen molar-refractivity contribution < 1.29 is 14.3 Å². The standard InChI is InChI=1S/C21H32N4O3.HI/c1-6-16-27-18-10-8-17(9-11-18)12-15-24-19(22-5)23-13-7-14-25-20(26)28-21(2,3)4;/h1,8-11H,7,12-16H2,2-5H3,(H,25,26)(H2,22,23,24);1H. The van der Waals surface area contributed by atoms with E-state index in [1.165, 1.54) is 5.56 Å². The Balaban J connectivity index is 0.00000784. The third-order valence-electron chi connectivity index (χ3n) is 3.49. The molecule has 0 radical (unpaired) electrons. The summed E-state index contributed by atoms with van der Waals surface area (Å²) in [6, 6.07) is 7.87. The predicted molar refractivity (Wildman–Crippen MR) is 128 cm³/mol. The Bertz CT molecular complexity index is 664. The zero-order valence-electron chi connectivity index (χ0n) is 17.7. The van der Waals surface area contributed by atoms with Crippen molar-refractivity contribution >= 4 is 36.0 Å². The van der Waals surface area contributed by atoms with Crippen LogP contribution in [-0.2, 0) is 11.2 Å². The van der Waals surface area contributed by atoms with Crippen LogP contribution in [0, 0.1) is 12.3 Å². The van der Waals surface area contributed by atoms with E-state index in [-0.39, 0.29) is 30.6 Å². The topological polar surface area (TPSA) is 84.0 Å². The molecule has 0 aliphatic heterocycles. The highest BCUT2D eigenvalue weighted by molar-refractivity contribution is 14.0. The summed E-state index contributed by atoms with van der Waals surface area (Å²) in [7, 11) is 1.73. The summed E-state index contributed by atoms with van der Waals surface area (Å²) in [5.41, 5.74) is 0.709. The average molecular weight is 516 g/mol. The van der Waals surface area contributed by atoms with Gasteiger partial charge in [0.05, 0.1) is 0 Å². The van der Waals surface area contributed by atoms with E-state index < -0.39 is 11.7 Å². The SMILES string of the molecule is C#CCOc1ccc(CCNC(=NC)NCCCNC(=O)OC(C)(C)C)cc1.I. The minimum Gasteiger partial charge on any atom is -0.481 e. The molecule has 1 rings (SSSR count). The first kappa shape index (κ1) is 26.9. The van der Waals surface area contributed by atoms with Gasteiger partial charge in [0.15, 0.2) is 5.96 Å². The number of nitrogens with zero attached hydrogens (tertiary/aromatic N) is 1. The van der Waals surface area contributed by atoms with Crippen LogP contribution in [0.3, 0.4) is 0 Å². The molecule has 0 bridgehead atoms. The summed E-state index contributed by atoms with van der Waals surface area (Å²) in [6.45, 7) is 7.77. The van der Waals surface area contributed by atoms with Crippen molar-refractivity contribution in [3.63, 3.8) is 0 Å². The maximum absolute atomic E-state index is 11.6. The van der Waals surface area contributed by atoms with Crippen LogP contribution < -0.4 is 20.7 Å². The van der Waals surface area contributed by atoms with Crippen molar-refractivity contribution in [3.8, 4) is 18.1 Å². The van der Waals surface area contributed by atoms with Gasteiger partial charge in [-0.25, -0.2) is 4.79 Å². The van der Waals surface area contributed by atoms with Crippen LogP contribution in [-0.4, -0.2) is 50.9 Å². The van der Waals surface area contributed by atoms with E-state index in [1.54, 1.807) is 7.05 Å². The van der Waals surface area contributed by atoms with E-state index in [2.05, 4.69) is 26.9 Å². The first-order valence-corrected chi connectivity index (χ1v) is 9.40. The molecule has 0 unspecified atom stereocenters. The van der Waals surface area contributed by atoms with Gasteiger partial charge in [0, 0.05) is 26.7 Å². The van der Waals surface area contributed by atoms with Crippen LogP contribution in [0.25, 0.3) is 0 Å². The predicted octanol–water partition coefficient (Wildman–Crippen LogP) is 2.94. The third kappa shape index (κ3) is 13.6. The number of aliphatic imine (C=N–C) groups is 1. The van der Waals surface area contributed by atoms with Gasteiger partial charge in [-0.05, 0) is 51.3 Å². The second-order valence-electron chi connectivity index (χ2n) is 7.09. The second kappa shape index (κ2) is 14.8. The Kier molecular flexibility index (Phi) is 13.7. The smallest absolute Gasteiger partial charge is 0.407 e. The number of nitrogens with one attached hydrogen (secondary N) is 3. The van der Waals surface area contributed by atoms with E-state index in [9.17, 15) is 4.79 Å². The number of guanidine groups is 1. The number of hydrogen-bond acceptors (Lipinski definition) is 4. The number of halogens is 1. The third-order valence-corrected chi connectivity index (χ3v) is 3.49. The first-order chi connectivity index (χ1) is 13.3. The Morgan fingerprint density at radius 2 is 1.72 bits per heavy atom. The number of rotatable bonds is 9. The molecule has 0 atom stereocenters. The van der Waals surface area contributed by atoms with Gasteiger partial charge in [-0.3, -0.25) is 4.99 Å². The minimum absolute atomic E-state index is 0. The molecule has 0 fully saturated rings. The van der Waals surface area contributed by atoms with Crippen molar-refractivity contribution in [3.05, 3.63) is 29.8 Å². The average Bonchev–Trinajstić information content (AvgIpc) is 2.64. The molecule has 7 nitrogen and oxygen atoms in total. The molecule has 29 heavy (non-hydrogen) atoms. The molecule has 0 spiro atoms. The number of terminal acetylenes is 1. The van der Waals surface area contributed by atoms with Crippen LogP contribution in [0.1, 0.15) is 32.8 Å². The first-order valence-electron chi connectivity index (χ1n) is 9.40. The molecule has 0 saturated heterocycles. The largest absolute Gasteiger partial charge is 0.481 e. The molecule has 0 saturated carbocycles. The second-order valence-corrected chi connectivity index (χ2v) is 7.09. The Hall–Kier alpha value is -2.15. The molecule has 0 aromatic heterocycles. The highest BCUT2D eigenvalue weighted by atomic mass is 127. The monoisotopic (exact) mass is 516 g/mol. The highest BCUT2D eigenvalue weighted by Crippen LogP contribution is 2.12. The molecule has 1 amide bonds. The van der Waals surface area contributed by atoms with Crippen LogP contribution in [0.4, 0.5) is 4.79 Å². The number of amides is 1. The van der Waals surface area contributed by atoms with Crippen molar-refractivity contribution in [2.24, 2.45) is 4.99 Å². The van der Waals surface area contributed by atoms with Gasteiger partial charge in [-0.1, -0.05) is 18.1 Å². The maximum atomic E-state index is 11.6. The summed E-state index contributed by atoms with van der Waals surface area (Å²) < 4.78 is 10.5. The van der Waals surface area contributed by atoms with E-state index >= 15 is 0 Å². The van der Waals surface area contributed by atoms with Crippen molar-refractivity contribution in [2.75, 3.05) is 33.3 Å².